The van der Waals surface area contributed by atoms with Crippen molar-refractivity contribution in [2.45, 2.75) is 25.9 Å². The number of pyridine rings is 1. The zero-order valence-corrected chi connectivity index (χ0v) is 12.5. The van der Waals surface area contributed by atoms with Crippen LogP contribution in [0.2, 0.25) is 5.02 Å². The quantitative estimate of drug-likeness (QED) is 0.845. The van der Waals surface area contributed by atoms with Crippen LogP contribution in [-0.2, 0) is 11.0 Å². The molecule has 0 radical (unpaired) electrons. The second-order valence-corrected chi connectivity index (χ2v) is 5.26. The molecule has 1 aliphatic rings. The maximum absolute atomic E-state index is 12.5. The molecule has 1 aromatic heterocycles. The Morgan fingerprint density at radius 1 is 1.41 bits per heavy atom. The van der Waals surface area contributed by atoms with Crippen LogP contribution in [0.1, 0.15) is 25.3 Å². The molecule has 0 bridgehead atoms. The van der Waals surface area contributed by atoms with Gasteiger partial charge in [0.2, 0.25) is 5.91 Å². The molecule has 0 saturated carbocycles. The Bertz CT molecular complexity index is 593. The van der Waals surface area contributed by atoms with E-state index in [9.17, 15) is 18.0 Å². The van der Waals surface area contributed by atoms with Gasteiger partial charge in [0.25, 0.3) is 0 Å². The largest absolute Gasteiger partial charge is 0.417 e. The predicted octanol–water partition coefficient (Wildman–Crippen LogP) is 3.16. The summed E-state index contributed by atoms with van der Waals surface area (Å²) >= 11 is 5.77. The molecule has 0 aliphatic carbocycles. The molecule has 2 heterocycles. The maximum Gasteiger partial charge on any atom is 0.417 e. The van der Waals surface area contributed by atoms with Gasteiger partial charge in [0.05, 0.1) is 10.6 Å². The zero-order chi connectivity index (χ0) is 16.3. The Morgan fingerprint density at radius 2 is 2.05 bits per heavy atom. The molecule has 0 unspecified atom stereocenters. The highest BCUT2D eigenvalue weighted by molar-refractivity contribution is 6.33. The Balaban J connectivity index is 2.00. The highest BCUT2D eigenvalue weighted by Crippen LogP contribution is 2.32. The monoisotopic (exact) mass is 334 g/mol. The molecule has 0 spiro atoms. The van der Waals surface area contributed by atoms with Crippen LogP contribution in [-0.4, -0.2) is 34.6 Å². The fraction of sp³-hybridized carbons (Fsp3) is 0.462. The lowest BCUT2D eigenvalue weighted by Crippen LogP contribution is -2.37. The molecule has 1 aliphatic heterocycles. The smallest absolute Gasteiger partial charge is 0.342 e. The van der Waals surface area contributed by atoms with E-state index in [0.29, 0.717) is 32.1 Å². The number of alkyl halides is 3. The van der Waals surface area contributed by atoms with Gasteiger partial charge in [-0.3, -0.25) is 10.2 Å². The number of aromatic nitrogens is 1. The summed E-state index contributed by atoms with van der Waals surface area (Å²) in [6, 6.07) is 0.801. The summed E-state index contributed by atoms with van der Waals surface area (Å²) in [5.74, 6) is 0.0793. The van der Waals surface area contributed by atoms with Crippen LogP contribution in [0.25, 0.3) is 0 Å². The van der Waals surface area contributed by atoms with Crippen LogP contribution >= 0.6 is 11.6 Å². The number of hydrazone groups is 1. The molecule has 9 heteroatoms. The molecule has 1 saturated heterocycles. The second kappa shape index (κ2) is 6.51. The summed E-state index contributed by atoms with van der Waals surface area (Å²) in [5.41, 5.74) is 2.48. The standard InChI is InChI=1S/C13H14ClF3N4O/c1-8(22)21-4-2-10(3-5-21)19-20-12-11(14)6-9(7-18-12)13(15,16)17/h6-7H,2-5H2,1H3,(H,18,20). The van der Waals surface area contributed by atoms with Crippen LogP contribution in [0, 0.1) is 0 Å². The summed E-state index contributed by atoms with van der Waals surface area (Å²) < 4.78 is 37.5. The van der Waals surface area contributed by atoms with Crippen molar-refractivity contribution < 1.29 is 18.0 Å². The molecule has 1 aromatic rings. The Hall–Kier alpha value is -1.83. The van der Waals surface area contributed by atoms with Crippen molar-refractivity contribution in [3.05, 3.63) is 22.8 Å². The summed E-state index contributed by atoms with van der Waals surface area (Å²) in [6.45, 7) is 2.65. The highest BCUT2D eigenvalue weighted by atomic mass is 35.5. The lowest BCUT2D eigenvalue weighted by molar-refractivity contribution is -0.137. The van der Waals surface area contributed by atoms with Gasteiger partial charge in [-0.05, 0) is 6.07 Å². The van der Waals surface area contributed by atoms with Gasteiger partial charge in [-0.1, -0.05) is 11.6 Å². The van der Waals surface area contributed by atoms with E-state index in [4.69, 9.17) is 11.6 Å². The Morgan fingerprint density at radius 3 is 2.55 bits per heavy atom. The Labute approximate surface area is 130 Å². The molecule has 1 fully saturated rings. The van der Waals surface area contributed by atoms with Crippen LogP contribution in [0.4, 0.5) is 19.0 Å². The zero-order valence-electron chi connectivity index (χ0n) is 11.7. The average molecular weight is 335 g/mol. The van der Waals surface area contributed by atoms with E-state index in [1.165, 1.54) is 6.92 Å². The lowest BCUT2D eigenvalue weighted by atomic mass is 10.1. The van der Waals surface area contributed by atoms with E-state index < -0.39 is 11.7 Å². The summed E-state index contributed by atoms with van der Waals surface area (Å²) in [6.07, 6.45) is -2.58. The van der Waals surface area contributed by atoms with Crippen molar-refractivity contribution in [3.63, 3.8) is 0 Å². The van der Waals surface area contributed by atoms with Crippen LogP contribution < -0.4 is 5.43 Å². The number of carbonyl (C=O) groups excluding carboxylic acids is 1. The Kier molecular flexibility index (Phi) is 4.90. The van der Waals surface area contributed by atoms with Crippen molar-refractivity contribution in [2.75, 3.05) is 18.5 Å². The number of amides is 1. The van der Waals surface area contributed by atoms with Gasteiger partial charge in [-0.2, -0.15) is 18.3 Å². The average Bonchev–Trinajstić information content (AvgIpc) is 2.45. The summed E-state index contributed by atoms with van der Waals surface area (Å²) in [7, 11) is 0. The van der Waals surface area contributed by atoms with Crippen molar-refractivity contribution >= 4 is 29.0 Å². The fourth-order valence-corrected chi connectivity index (χ4v) is 2.21. The lowest BCUT2D eigenvalue weighted by Gasteiger charge is -2.26. The topological polar surface area (TPSA) is 57.6 Å². The van der Waals surface area contributed by atoms with E-state index in [2.05, 4.69) is 15.5 Å². The third-order valence-electron chi connectivity index (χ3n) is 3.27. The van der Waals surface area contributed by atoms with Gasteiger partial charge in [0.1, 0.15) is 0 Å². The number of carbonyl (C=O) groups is 1. The molecule has 22 heavy (non-hydrogen) atoms. The molecule has 1 amide bonds. The van der Waals surface area contributed by atoms with Gasteiger partial charge in [0.15, 0.2) is 5.82 Å². The number of anilines is 1. The van der Waals surface area contributed by atoms with E-state index in [1.807, 2.05) is 0 Å². The number of hydrogen-bond donors (Lipinski definition) is 1. The van der Waals surface area contributed by atoms with Crippen molar-refractivity contribution in [3.8, 4) is 0 Å². The molecule has 2 rings (SSSR count). The number of hydrogen-bond acceptors (Lipinski definition) is 4. The van der Waals surface area contributed by atoms with E-state index in [-0.39, 0.29) is 16.7 Å². The first kappa shape index (κ1) is 16.5. The number of halogens is 4. The van der Waals surface area contributed by atoms with Crippen LogP contribution in [0.3, 0.4) is 0 Å². The van der Waals surface area contributed by atoms with Gasteiger partial charge in [-0.15, -0.1) is 0 Å². The number of nitrogens with one attached hydrogen (secondary N) is 1. The second-order valence-electron chi connectivity index (χ2n) is 4.85. The fourth-order valence-electron chi connectivity index (χ4n) is 2.00. The number of rotatable bonds is 2. The SMILES string of the molecule is CC(=O)N1CCC(=NNc2ncc(C(F)(F)F)cc2Cl)CC1. The minimum atomic E-state index is -4.49. The molecular weight excluding hydrogens is 321 g/mol. The molecule has 120 valence electrons. The summed E-state index contributed by atoms with van der Waals surface area (Å²) in [4.78, 5) is 16.5. The van der Waals surface area contributed by atoms with E-state index >= 15 is 0 Å². The van der Waals surface area contributed by atoms with Gasteiger partial charge >= 0.3 is 6.18 Å². The van der Waals surface area contributed by atoms with Gasteiger partial charge in [-0.25, -0.2) is 4.98 Å². The van der Waals surface area contributed by atoms with E-state index in [1.54, 1.807) is 4.90 Å². The van der Waals surface area contributed by atoms with Gasteiger partial charge in [0, 0.05) is 44.8 Å². The molecular formula is C13H14ClF3N4O. The minimum Gasteiger partial charge on any atom is -0.342 e. The molecule has 5 nitrogen and oxygen atoms in total. The van der Waals surface area contributed by atoms with Crippen molar-refractivity contribution in [2.24, 2.45) is 5.10 Å². The summed E-state index contributed by atoms with van der Waals surface area (Å²) in [5, 5.41) is 3.95. The minimum absolute atomic E-state index is 0.0134. The van der Waals surface area contributed by atoms with Crippen molar-refractivity contribution in [1.29, 1.82) is 0 Å². The first-order valence-electron chi connectivity index (χ1n) is 6.57. The van der Waals surface area contributed by atoms with Crippen LogP contribution in [0.15, 0.2) is 17.4 Å². The predicted molar refractivity (Wildman–Crippen MR) is 76.8 cm³/mol. The molecule has 0 aromatic carbocycles. The van der Waals surface area contributed by atoms with Crippen LogP contribution in [0.5, 0.6) is 0 Å². The number of likely N-dealkylation sites (tertiary alicyclic amines) is 1. The number of piperidine rings is 1. The molecule has 1 N–H and O–H groups in total. The molecule has 0 atom stereocenters. The third-order valence-corrected chi connectivity index (χ3v) is 3.56. The van der Waals surface area contributed by atoms with Crippen molar-refractivity contribution in [1.82, 2.24) is 9.88 Å². The first-order chi connectivity index (χ1) is 10.3. The van der Waals surface area contributed by atoms with Gasteiger partial charge < -0.3 is 4.90 Å². The third kappa shape index (κ3) is 4.09. The first-order valence-corrected chi connectivity index (χ1v) is 6.95. The normalized spacial score (nSPS) is 15.7. The highest BCUT2D eigenvalue weighted by Gasteiger charge is 2.31. The number of nitrogens with zero attached hydrogens (tertiary/aromatic N) is 3. The maximum atomic E-state index is 12.5. The van der Waals surface area contributed by atoms with E-state index in [0.717, 1.165) is 11.8 Å².